The molecule has 0 aliphatic heterocycles. The van der Waals surface area contributed by atoms with Crippen molar-refractivity contribution in [1.82, 2.24) is 0 Å². The zero-order chi connectivity index (χ0) is 17.7. The second-order valence-corrected chi connectivity index (χ2v) is 8.89. The van der Waals surface area contributed by atoms with Crippen molar-refractivity contribution in [3.63, 3.8) is 0 Å². The summed E-state index contributed by atoms with van der Waals surface area (Å²) < 4.78 is 39.9. The lowest BCUT2D eigenvalue weighted by Gasteiger charge is -2.41. The van der Waals surface area contributed by atoms with Crippen LogP contribution in [0.5, 0.6) is 0 Å². The molecule has 0 spiro atoms. The minimum absolute atomic E-state index is 0.144. The summed E-state index contributed by atoms with van der Waals surface area (Å²) in [5.41, 5.74) is 0. The van der Waals surface area contributed by atoms with Crippen molar-refractivity contribution in [2.24, 2.45) is 0 Å². The molecule has 1 atom stereocenters. The summed E-state index contributed by atoms with van der Waals surface area (Å²) in [6.45, 7) is 5.14. The van der Waals surface area contributed by atoms with Crippen molar-refractivity contribution in [1.29, 1.82) is 0 Å². The van der Waals surface area contributed by atoms with E-state index >= 15 is 0 Å². The molecular formula is C20H21F3S. The summed E-state index contributed by atoms with van der Waals surface area (Å²) in [5.74, 6) is -0.980. The molecule has 0 fully saturated rings. The molecule has 2 rings (SSSR count). The van der Waals surface area contributed by atoms with Gasteiger partial charge in [-0.05, 0) is 76.8 Å². The van der Waals surface area contributed by atoms with Gasteiger partial charge in [-0.15, -0.1) is 0 Å². The van der Waals surface area contributed by atoms with Gasteiger partial charge in [0.1, 0.15) is 17.5 Å². The second kappa shape index (κ2) is 7.75. The minimum atomic E-state index is -1.70. The maximum Gasteiger partial charge on any atom is 0.123 e. The summed E-state index contributed by atoms with van der Waals surface area (Å²) >= 11 is 0. The normalized spacial score (nSPS) is 19.5. The zero-order valence-electron chi connectivity index (χ0n) is 13.9. The molecule has 0 saturated heterocycles. The van der Waals surface area contributed by atoms with E-state index in [4.69, 9.17) is 0 Å². The molecule has 0 nitrogen and oxygen atoms in total. The lowest BCUT2D eigenvalue weighted by atomic mass is 10.2. The van der Waals surface area contributed by atoms with Gasteiger partial charge in [-0.2, -0.15) is 10.0 Å². The molecular weight excluding hydrogens is 329 g/mol. The Bertz CT molecular complexity index is 739. The van der Waals surface area contributed by atoms with Crippen molar-refractivity contribution < 1.29 is 13.2 Å². The van der Waals surface area contributed by atoms with Gasteiger partial charge in [-0.25, -0.2) is 13.2 Å². The molecule has 0 saturated carbocycles. The van der Waals surface area contributed by atoms with E-state index in [1.54, 1.807) is 24.3 Å². The van der Waals surface area contributed by atoms with Crippen LogP contribution in [0.25, 0.3) is 0 Å². The van der Waals surface area contributed by atoms with Crippen LogP contribution in [0.1, 0.15) is 19.8 Å². The van der Waals surface area contributed by atoms with Crippen LogP contribution in [0.4, 0.5) is 13.2 Å². The maximum atomic E-state index is 13.4. The maximum absolute atomic E-state index is 13.4. The van der Waals surface area contributed by atoms with Gasteiger partial charge >= 0.3 is 0 Å². The fourth-order valence-electron chi connectivity index (χ4n) is 2.72. The third kappa shape index (κ3) is 3.93. The first-order valence-corrected chi connectivity index (χ1v) is 9.70. The fourth-order valence-corrected chi connectivity index (χ4v) is 5.94. The van der Waals surface area contributed by atoms with Gasteiger partial charge in [0.2, 0.25) is 0 Å². The number of rotatable bonds is 5. The van der Waals surface area contributed by atoms with Gasteiger partial charge in [-0.3, -0.25) is 0 Å². The van der Waals surface area contributed by atoms with Gasteiger partial charge in [0.25, 0.3) is 0 Å². The molecule has 128 valence electrons. The number of halogens is 3. The van der Waals surface area contributed by atoms with Gasteiger partial charge < -0.3 is 0 Å². The van der Waals surface area contributed by atoms with Crippen molar-refractivity contribution in [3.05, 3.63) is 88.5 Å². The van der Waals surface area contributed by atoms with E-state index < -0.39 is 15.9 Å². The Morgan fingerprint density at radius 3 is 2.25 bits per heavy atom. The molecule has 1 aliphatic carbocycles. The van der Waals surface area contributed by atoms with Crippen molar-refractivity contribution in [2.45, 2.75) is 24.7 Å². The molecule has 1 aromatic carbocycles. The van der Waals surface area contributed by atoms with Crippen LogP contribution >= 0.6 is 10.0 Å². The monoisotopic (exact) mass is 350 g/mol. The molecule has 4 heteroatoms. The van der Waals surface area contributed by atoms with E-state index in [1.807, 2.05) is 13.0 Å². The Balaban J connectivity index is 2.60. The number of hydrogen-bond acceptors (Lipinski definition) is 0. The summed E-state index contributed by atoms with van der Waals surface area (Å²) in [4.78, 5) is 2.96. The van der Waals surface area contributed by atoms with E-state index in [0.717, 1.165) is 14.7 Å². The van der Waals surface area contributed by atoms with Crippen molar-refractivity contribution in [2.75, 3.05) is 6.26 Å². The van der Waals surface area contributed by atoms with E-state index in [9.17, 15) is 13.2 Å². The van der Waals surface area contributed by atoms with Crippen molar-refractivity contribution in [3.8, 4) is 0 Å². The average molecular weight is 350 g/mol. The molecule has 0 N–H and O–H groups in total. The quantitative estimate of drug-likeness (QED) is 0.497. The first-order valence-electron chi connectivity index (χ1n) is 7.66. The lowest BCUT2D eigenvalue weighted by Crippen LogP contribution is -2.07. The SMILES string of the molecule is C=C(F)/C=C\C(=C/C)S(C)(C1=CC=C(F)CC1)c1ccc(F)cc1. The topological polar surface area (TPSA) is 0 Å². The summed E-state index contributed by atoms with van der Waals surface area (Å²) in [7, 11) is -1.70. The first kappa shape index (κ1) is 18.4. The minimum Gasteiger partial charge on any atom is -0.212 e. The van der Waals surface area contributed by atoms with Crippen LogP contribution in [-0.4, -0.2) is 6.26 Å². The van der Waals surface area contributed by atoms with Gasteiger partial charge in [-0.1, -0.05) is 18.7 Å². The Kier molecular flexibility index (Phi) is 5.94. The van der Waals surface area contributed by atoms with Crippen LogP contribution in [0.3, 0.4) is 0 Å². The summed E-state index contributed by atoms with van der Waals surface area (Å²) in [6.07, 6.45) is 11.3. The third-order valence-electron chi connectivity index (χ3n) is 4.05. The highest BCUT2D eigenvalue weighted by atomic mass is 32.3. The highest BCUT2D eigenvalue weighted by molar-refractivity contribution is 8.39. The van der Waals surface area contributed by atoms with Crippen molar-refractivity contribution >= 4 is 10.0 Å². The molecule has 0 amide bonds. The predicted octanol–water partition coefficient (Wildman–Crippen LogP) is 7.09. The summed E-state index contributed by atoms with van der Waals surface area (Å²) in [6, 6.07) is 6.35. The molecule has 0 heterocycles. The van der Waals surface area contributed by atoms with E-state index in [1.165, 1.54) is 24.3 Å². The van der Waals surface area contributed by atoms with Crippen LogP contribution in [0, 0.1) is 5.82 Å². The van der Waals surface area contributed by atoms with Gasteiger partial charge in [0, 0.05) is 6.42 Å². The zero-order valence-corrected chi connectivity index (χ0v) is 14.7. The number of benzene rings is 1. The number of allylic oxidation sites excluding steroid dienone is 8. The lowest BCUT2D eigenvalue weighted by molar-refractivity contribution is 0.586. The molecule has 0 aromatic heterocycles. The Morgan fingerprint density at radius 1 is 1.08 bits per heavy atom. The molecule has 0 radical (unpaired) electrons. The fraction of sp³-hybridized carbons (Fsp3) is 0.200. The predicted molar refractivity (Wildman–Crippen MR) is 97.8 cm³/mol. The van der Waals surface area contributed by atoms with Gasteiger partial charge in [0.15, 0.2) is 0 Å². The third-order valence-corrected chi connectivity index (χ3v) is 7.97. The van der Waals surface area contributed by atoms with Crippen LogP contribution in [0.2, 0.25) is 0 Å². The molecule has 1 aromatic rings. The smallest absolute Gasteiger partial charge is 0.123 e. The highest BCUT2D eigenvalue weighted by Gasteiger charge is 2.29. The molecule has 1 aliphatic rings. The van der Waals surface area contributed by atoms with Gasteiger partial charge in [0.05, 0.1) is 0 Å². The molecule has 24 heavy (non-hydrogen) atoms. The second-order valence-electron chi connectivity index (χ2n) is 5.59. The molecule has 0 bridgehead atoms. The Hall–Kier alpha value is -1.94. The standard InChI is InChI=1S/C20H21F3S/c1-4-18(10-5-15(2)21)24(3,19-11-6-16(22)7-12-19)20-13-8-17(23)9-14-20/h4-8,10-13H,2,9,14H2,1,3H3/b10-5-,18-4+. The van der Waals surface area contributed by atoms with E-state index in [2.05, 4.69) is 12.8 Å². The molecule has 1 unspecified atom stereocenters. The van der Waals surface area contributed by atoms with Crippen LogP contribution < -0.4 is 0 Å². The Morgan fingerprint density at radius 2 is 1.75 bits per heavy atom. The largest absolute Gasteiger partial charge is 0.212 e. The summed E-state index contributed by atoms with van der Waals surface area (Å²) in [5, 5.41) is 0. The highest BCUT2D eigenvalue weighted by Crippen LogP contribution is 2.67. The van der Waals surface area contributed by atoms with Crippen LogP contribution in [0.15, 0.2) is 87.6 Å². The van der Waals surface area contributed by atoms with E-state index in [-0.39, 0.29) is 11.6 Å². The first-order chi connectivity index (χ1) is 11.4. The van der Waals surface area contributed by atoms with E-state index in [0.29, 0.717) is 12.8 Å². The number of hydrogen-bond donors (Lipinski definition) is 0. The van der Waals surface area contributed by atoms with Crippen LogP contribution in [-0.2, 0) is 0 Å². The average Bonchev–Trinajstić information content (AvgIpc) is 2.56. The Labute approximate surface area is 143 Å².